The van der Waals surface area contributed by atoms with Gasteiger partial charge in [-0.2, -0.15) is 5.10 Å². The number of amides is 1. The van der Waals surface area contributed by atoms with Crippen molar-refractivity contribution in [1.29, 1.82) is 0 Å². The maximum absolute atomic E-state index is 13.3. The normalized spacial score (nSPS) is 14.1. The molecule has 45 heavy (non-hydrogen) atoms. The molecular weight excluding hydrogens is 587 g/mol. The summed E-state index contributed by atoms with van der Waals surface area (Å²) >= 11 is 0. The van der Waals surface area contributed by atoms with E-state index in [2.05, 4.69) is 42.5 Å². The second kappa shape index (κ2) is 14.9. The van der Waals surface area contributed by atoms with E-state index in [9.17, 15) is 14.3 Å². The molecule has 1 aliphatic rings. The number of nitrogens with zero attached hydrogens (tertiary/aromatic N) is 3. The van der Waals surface area contributed by atoms with Crippen LogP contribution in [0.15, 0.2) is 73.1 Å². The van der Waals surface area contributed by atoms with E-state index in [1.165, 1.54) is 11.1 Å². The molecule has 5 rings (SSSR count). The number of ether oxygens (including phenoxy) is 1. The van der Waals surface area contributed by atoms with Gasteiger partial charge in [0.1, 0.15) is 5.75 Å². The van der Waals surface area contributed by atoms with E-state index in [1.54, 1.807) is 6.92 Å². The van der Waals surface area contributed by atoms with Crippen molar-refractivity contribution in [3.63, 3.8) is 0 Å². The van der Waals surface area contributed by atoms with Crippen LogP contribution in [0.4, 0.5) is 11.4 Å². The third-order valence-electron chi connectivity index (χ3n) is 8.17. The molecule has 0 radical (unpaired) electrons. The van der Waals surface area contributed by atoms with Crippen LogP contribution in [0.3, 0.4) is 0 Å². The zero-order chi connectivity index (χ0) is 31.8. The van der Waals surface area contributed by atoms with Gasteiger partial charge < -0.3 is 24.4 Å². The van der Waals surface area contributed by atoms with E-state index in [4.69, 9.17) is 9.26 Å². The fourth-order valence-corrected chi connectivity index (χ4v) is 6.67. The van der Waals surface area contributed by atoms with E-state index in [0.717, 1.165) is 58.8 Å². The number of carbonyl (C=O) groups excluding carboxylic acids is 1. The van der Waals surface area contributed by atoms with E-state index < -0.39 is 7.60 Å². The summed E-state index contributed by atoms with van der Waals surface area (Å²) in [6, 6.07) is 20.2. The SMILES string of the molecule is CCOP(=O)(O)CCNc1cccc(Cn2cc(-c3cccc4c3CCCN4C(=O)CCCOc3cccc(C)c3C)cn2)c1. The first-order chi connectivity index (χ1) is 21.7. The quantitative estimate of drug-likeness (QED) is 0.114. The Morgan fingerprint density at radius 1 is 1.11 bits per heavy atom. The minimum Gasteiger partial charge on any atom is -0.493 e. The molecule has 238 valence electrons. The number of rotatable bonds is 14. The van der Waals surface area contributed by atoms with Crippen LogP contribution in [-0.4, -0.2) is 53.0 Å². The topological polar surface area (TPSA) is 106 Å². The van der Waals surface area contributed by atoms with Crippen LogP contribution in [0.25, 0.3) is 11.1 Å². The maximum Gasteiger partial charge on any atom is 0.329 e. The molecule has 4 aromatic rings. The van der Waals surface area contributed by atoms with Crippen LogP contribution < -0.4 is 15.0 Å². The van der Waals surface area contributed by atoms with Crippen molar-refractivity contribution in [3.8, 4) is 16.9 Å². The Morgan fingerprint density at radius 3 is 2.78 bits per heavy atom. The minimum absolute atomic E-state index is 0.0418. The van der Waals surface area contributed by atoms with Crippen molar-refractivity contribution in [3.05, 3.63) is 95.3 Å². The van der Waals surface area contributed by atoms with Crippen LogP contribution in [0.2, 0.25) is 0 Å². The molecular formula is C35H43N4O5P. The number of benzene rings is 3. The van der Waals surface area contributed by atoms with Crippen molar-refractivity contribution in [2.75, 3.05) is 42.7 Å². The molecule has 2 heterocycles. The smallest absolute Gasteiger partial charge is 0.329 e. The van der Waals surface area contributed by atoms with Crippen molar-refractivity contribution in [2.24, 2.45) is 0 Å². The van der Waals surface area contributed by atoms with Gasteiger partial charge in [0, 0.05) is 42.6 Å². The van der Waals surface area contributed by atoms with Gasteiger partial charge >= 0.3 is 7.60 Å². The number of hydrogen-bond acceptors (Lipinski definition) is 6. The fraction of sp³-hybridized carbons (Fsp3) is 0.371. The summed E-state index contributed by atoms with van der Waals surface area (Å²) in [4.78, 5) is 25.1. The van der Waals surface area contributed by atoms with Gasteiger partial charge in [0.15, 0.2) is 0 Å². The minimum atomic E-state index is -3.56. The summed E-state index contributed by atoms with van der Waals surface area (Å²) in [6.07, 6.45) is 6.90. The predicted octanol–water partition coefficient (Wildman–Crippen LogP) is 6.99. The van der Waals surface area contributed by atoms with Gasteiger partial charge in [0.25, 0.3) is 0 Å². The summed E-state index contributed by atoms with van der Waals surface area (Å²) in [7, 11) is -3.56. The molecule has 3 aromatic carbocycles. The number of aryl methyl sites for hydroxylation is 1. The molecule has 0 fully saturated rings. The molecule has 10 heteroatoms. The average molecular weight is 631 g/mol. The highest BCUT2D eigenvalue weighted by atomic mass is 31.2. The first kappa shape index (κ1) is 32.5. The van der Waals surface area contributed by atoms with Crippen molar-refractivity contribution < 1.29 is 23.5 Å². The monoisotopic (exact) mass is 630 g/mol. The van der Waals surface area contributed by atoms with Gasteiger partial charge in [0.05, 0.1) is 32.1 Å². The lowest BCUT2D eigenvalue weighted by Gasteiger charge is -2.31. The Hall–Kier alpha value is -3.91. The lowest BCUT2D eigenvalue weighted by atomic mass is 9.93. The lowest BCUT2D eigenvalue weighted by molar-refractivity contribution is -0.118. The first-order valence-corrected chi connectivity index (χ1v) is 17.4. The molecule has 9 nitrogen and oxygen atoms in total. The summed E-state index contributed by atoms with van der Waals surface area (Å²) in [5.74, 6) is 1.01. The largest absolute Gasteiger partial charge is 0.493 e. The predicted molar refractivity (Wildman–Crippen MR) is 179 cm³/mol. The number of anilines is 2. The maximum atomic E-state index is 13.3. The highest BCUT2D eigenvalue weighted by Gasteiger charge is 2.25. The molecule has 1 aliphatic heterocycles. The Bertz CT molecular complexity index is 1670. The number of aromatic nitrogens is 2. The van der Waals surface area contributed by atoms with E-state index in [-0.39, 0.29) is 18.7 Å². The third kappa shape index (κ3) is 8.42. The molecule has 1 amide bonds. The molecule has 0 aliphatic carbocycles. The van der Waals surface area contributed by atoms with Crippen LogP contribution >= 0.6 is 7.60 Å². The third-order valence-corrected chi connectivity index (χ3v) is 9.62. The van der Waals surface area contributed by atoms with Gasteiger partial charge in [0.2, 0.25) is 5.91 Å². The van der Waals surface area contributed by atoms with E-state index >= 15 is 0 Å². The van der Waals surface area contributed by atoms with Crippen molar-refractivity contribution in [2.45, 2.75) is 53.0 Å². The Labute approximate surface area is 265 Å². The number of fused-ring (bicyclic) bond motifs is 1. The molecule has 0 saturated carbocycles. The summed E-state index contributed by atoms with van der Waals surface area (Å²) in [5.41, 5.74) is 8.56. The second-order valence-electron chi connectivity index (χ2n) is 11.4. The Kier molecular flexibility index (Phi) is 10.8. The highest BCUT2D eigenvalue weighted by molar-refractivity contribution is 7.52. The first-order valence-electron chi connectivity index (χ1n) is 15.7. The van der Waals surface area contributed by atoms with Gasteiger partial charge in [-0.05, 0) is 92.1 Å². The van der Waals surface area contributed by atoms with Gasteiger partial charge in [-0.15, -0.1) is 0 Å². The zero-order valence-corrected chi connectivity index (χ0v) is 27.3. The fourth-order valence-electron chi connectivity index (χ4n) is 5.74. The van der Waals surface area contributed by atoms with E-state index in [1.807, 2.05) is 64.4 Å². The van der Waals surface area contributed by atoms with Gasteiger partial charge in [-0.3, -0.25) is 14.0 Å². The molecule has 0 bridgehead atoms. The summed E-state index contributed by atoms with van der Waals surface area (Å²) in [5, 5.41) is 7.85. The van der Waals surface area contributed by atoms with Crippen LogP contribution in [-0.2, 0) is 26.8 Å². The highest BCUT2D eigenvalue weighted by Crippen LogP contribution is 2.41. The lowest BCUT2D eigenvalue weighted by Crippen LogP contribution is -2.35. The Morgan fingerprint density at radius 2 is 1.93 bits per heavy atom. The van der Waals surface area contributed by atoms with Crippen molar-refractivity contribution >= 4 is 24.9 Å². The molecule has 0 spiro atoms. The average Bonchev–Trinajstić information content (AvgIpc) is 3.48. The molecule has 1 atom stereocenters. The molecule has 1 aromatic heterocycles. The molecule has 0 saturated heterocycles. The Balaban J connectivity index is 1.20. The number of hydrogen-bond donors (Lipinski definition) is 2. The summed E-state index contributed by atoms with van der Waals surface area (Å²) < 4.78 is 24.8. The second-order valence-corrected chi connectivity index (χ2v) is 13.4. The number of carbonyl (C=O) groups is 1. The summed E-state index contributed by atoms with van der Waals surface area (Å²) in [6.45, 7) is 8.19. The standard InChI is InChI=1S/C35H43N4O5P/c1-4-44-45(41,42)21-18-36-30-12-6-11-28(22-30)24-38-25-29(23-37-38)31-13-7-15-33-32(31)14-8-19-39(33)35(40)17-9-20-43-34-16-5-10-26(2)27(34)3/h5-7,10-13,15-16,22-23,25,36H,4,8-9,14,17-21,24H2,1-3H3,(H,41,42). The van der Waals surface area contributed by atoms with E-state index in [0.29, 0.717) is 32.5 Å². The van der Waals surface area contributed by atoms with Gasteiger partial charge in [-0.1, -0.05) is 36.4 Å². The van der Waals surface area contributed by atoms with Crippen molar-refractivity contribution in [1.82, 2.24) is 9.78 Å². The van der Waals surface area contributed by atoms with Crippen LogP contribution in [0.5, 0.6) is 5.75 Å². The molecule has 2 N–H and O–H groups in total. The number of nitrogens with one attached hydrogen (secondary N) is 1. The van der Waals surface area contributed by atoms with Crippen LogP contribution in [0.1, 0.15) is 48.4 Å². The van der Waals surface area contributed by atoms with Crippen LogP contribution in [0, 0.1) is 13.8 Å². The zero-order valence-electron chi connectivity index (χ0n) is 26.4. The van der Waals surface area contributed by atoms with Gasteiger partial charge in [-0.25, -0.2) is 0 Å². The molecule has 1 unspecified atom stereocenters.